The molecule has 0 fully saturated rings. The summed E-state index contributed by atoms with van der Waals surface area (Å²) in [6.45, 7) is 0. The lowest BCUT2D eigenvalue weighted by atomic mass is 10.1. The standard InChI is InChI=1S/C14H11N3O4/c15-13(16)10-6-7-12(11(8-10)17(19)20)21-14(18)9-4-2-1-3-5-9/h1-8H,(H3,15,16). The number of ether oxygens (including phenoxy) is 1. The van der Waals surface area contributed by atoms with Crippen molar-refractivity contribution >= 4 is 17.5 Å². The van der Waals surface area contributed by atoms with E-state index in [1.807, 2.05) is 0 Å². The largest absolute Gasteiger partial charge is 0.416 e. The number of amidine groups is 1. The lowest BCUT2D eigenvalue weighted by molar-refractivity contribution is -0.385. The second-order valence-corrected chi connectivity index (χ2v) is 4.11. The van der Waals surface area contributed by atoms with Gasteiger partial charge in [0.25, 0.3) is 0 Å². The molecule has 7 heteroatoms. The summed E-state index contributed by atoms with van der Waals surface area (Å²) in [4.78, 5) is 22.2. The summed E-state index contributed by atoms with van der Waals surface area (Å²) in [5, 5.41) is 18.3. The molecule has 0 amide bonds. The molecule has 3 N–H and O–H groups in total. The maximum atomic E-state index is 11.9. The zero-order valence-corrected chi connectivity index (χ0v) is 10.8. The van der Waals surface area contributed by atoms with Gasteiger partial charge in [-0.2, -0.15) is 0 Å². The predicted octanol–water partition coefficient (Wildman–Crippen LogP) is 2.10. The third-order valence-electron chi connectivity index (χ3n) is 2.68. The predicted molar refractivity (Wildman–Crippen MR) is 75.5 cm³/mol. The molecular formula is C14H11N3O4. The number of nitrogens with one attached hydrogen (secondary N) is 1. The fraction of sp³-hybridized carbons (Fsp3) is 0. The highest BCUT2D eigenvalue weighted by molar-refractivity contribution is 5.96. The molecule has 2 rings (SSSR count). The molecule has 21 heavy (non-hydrogen) atoms. The molecule has 0 atom stereocenters. The van der Waals surface area contributed by atoms with Gasteiger partial charge < -0.3 is 10.5 Å². The summed E-state index contributed by atoms with van der Waals surface area (Å²) in [6.07, 6.45) is 0. The van der Waals surface area contributed by atoms with Gasteiger partial charge in [-0.1, -0.05) is 18.2 Å². The van der Waals surface area contributed by atoms with Gasteiger partial charge in [0, 0.05) is 11.6 Å². The Bertz CT molecular complexity index is 713. The van der Waals surface area contributed by atoms with Crippen molar-refractivity contribution in [1.82, 2.24) is 0 Å². The highest BCUT2D eigenvalue weighted by Gasteiger charge is 2.20. The molecule has 0 saturated carbocycles. The molecule has 0 unspecified atom stereocenters. The number of nitro benzene ring substituents is 1. The van der Waals surface area contributed by atoms with Crippen LogP contribution in [0.2, 0.25) is 0 Å². The van der Waals surface area contributed by atoms with Crippen LogP contribution >= 0.6 is 0 Å². The van der Waals surface area contributed by atoms with Crippen molar-refractivity contribution in [3.05, 3.63) is 69.8 Å². The van der Waals surface area contributed by atoms with Crippen molar-refractivity contribution in [3.8, 4) is 5.75 Å². The number of esters is 1. The number of carbonyl (C=O) groups is 1. The van der Waals surface area contributed by atoms with E-state index in [1.54, 1.807) is 18.2 Å². The Morgan fingerprint density at radius 2 is 1.81 bits per heavy atom. The second-order valence-electron chi connectivity index (χ2n) is 4.11. The van der Waals surface area contributed by atoms with Crippen molar-refractivity contribution in [2.75, 3.05) is 0 Å². The van der Waals surface area contributed by atoms with E-state index in [0.717, 1.165) is 6.07 Å². The maximum absolute atomic E-state index is 11.9. The Morgan fingerprint density at radius 3 is 2.38 bits per heavy atom. The molecule has 0 aliphatic rings. The Balaban J connectivity index is 2.34. The van der Waals surface area contributed by atoms with E-state index in [2.05, 4.69) is 0 Å². The highest BCUT2D eigenvalue weighted by atomic mass is 16.6. The van der Waals surface area contributed by atoms with Crippen LogP contribution in [0.15, 0.2) is 48.5 Å². The quantitative estimate of drug-likeness (QED) is 0.222. The summed E-state index contributed by atoms with van der Waals surface area (Å²) in [6, 6.07) is 11.8. The van der Waals surface area contributed by atoms with Crippen LogP contribution in [0.25, 0.3) is 0 Å². The normalized spacial score (nSPS) is 9.90. The lowest BCUT2D eigenvalue weighted by Gasteiger charge is -2.06. The molecule has 0 aliphatic carbocycles. The minimum absolute atomic E-state index is 0.182. The van der Waals surface area contributed by atoms with E-state index >= 15 is 0 Å². The molecule has 7 nitrogen and oxygen atoms in total. The lowest BCUT2D eigenvalue weighted by Crippen LogP contribution is -2.13. The first-order valence-corrected chi connectivity index (χ1v) is 5.89. The molecule has 0 heterocycles. The molecular weight excluding hydrogens is 274 g/mol. The molecule has 0 spiro atoms. The van der Waals surface area contributed by atoms with Crippen LogP contribution in [-0.2, 0) is 0 Å². The Labute approximate surface area is 119 Å². The van der Waals surface area contributed by atoms with Crippen LogP contribution in [0, 0.1) is 15.5 Å². The number of nitrogens with two attached hydrogens (primary N) is 1. The number of hydrogen-bond donors (Lipinski definition) is 2. The first-order chi connectivity index (χ1) is 9.99. The first-order valence-electron chi connectivity index (χ1n) is 5.89. The number of hydrogen-bond acceptors (Lipinski definition) is 5. The Hall–Kier alpha value is -3.22. The molecule has 0 aliphatic heterocycles. The van der Waals surface area contributed by atoms with E-state index in [1.165, 1.54) is 24.3 Å². The average Bonchev–Trinajstić information content (AvgIpc) is 2.48. The van der Waals surface area contributed by atoms with Gasteiger partial charge in [-0.3, -0.25) is 15.5 Å². The van der Waals surface area contributed by atoms with Gasteiger partial charge in [-0.05, 0) is 24.3 Å². The van der Waals surface area contributed by atoms with Gasteiger partial charge in [0.15, 0.2) is 0 Å². The molecule has 2 aromatic rings. The average molecular weight is 285 g/mol. The number of rotatable bonds is 4. The van der Waals surface area contributed by atoms with E-state index < -0.39 is 16.6 Å². The summed E-state index contributed by atoms with van der Waals surface area (Å²) in [7, 11) is 0. The minimum Gasteiger partial charge on any atom is -0.416 e. The van der Waals surface area contributed by atoms with Crippen molar-refractivity contribution in [3.63, 3.8) is 0 Å². The van der Waals surface area contributed by atoms with Gasteiger partial charge in [0.05, 0.1) is 10.5 Å². The third kappa shape index (κ3) is 3.21. The highest BCUT2D eigenvalue weighted by Crippen LogP contribution is 2.28. The van der Waals surface area contributed by atoms with E-state index in [0.29, 0.717) is 0 Å². The first kappa shape index (κ1) is 14.2. The Morgan fingerprint density at radius 1 is 1.14 bits per heavy atom. The Kier molecular flexibility index (Phi) is 3.94. The van der Waals surface area contributed by atoms with Crippen LogP contribution in [0.1, 0.15) is 15.9 Å². The van der Waals surface area contributed by atoms with Crippen molar-refractivity contribution < 1.29 is 14.5 Å². The molecule has 0 saturated heterocycles. The second kappa shape index (κ2) is 5.83. The van der Waals surface area contributed by atoms with Gasteiger partial charge in [0.1, 0.15) is 5.84 Å². The zero-order valence-electron chi connectivity index (χ0n) is 10.8. The topological polar surface area (TPSA) is 119 Å². The maximum Gasteiger partial charge on any atom is 0.343 e. The van der Waals surface area contributed by atoms with E-state index in [4.69, 9.17) is 15.9 Å². The smallest absolute Gasteiger partial charge is 0.343 e. The number of nitro groups is 1. The van der Waals surface area contributed by atoms with Gasteiger partial charge in [0.2, 0.25) is 5.75 Å². The van der Waals surface area contributed by atoms with Gasteiger partial charge in [-0.15, -0.1) is 0 Å². The van der Waals surface area contributed by atoms with Crippen LogP contribution in [0.4, 0.5) is 5.69 Å². The molecule has 106 valence electrons. The van der Waals surface area contributed by atoms with E-state index in [-0.39, 0.29) is 22.7 Å². The van der Waals surface area contributed by atoms with Crippen LogP contribution < -0.4 is 10.5 Å². The van der Waals surface area contributed by atoms with Crippen molar-refractivity contribution in [2.45, 2.75) is 0 Å². The number of carbonyl (C=O) groups excluding carboxylic acids is 1. The third-order valence-corrected chi connectivity index (χ3v) is 2.68. The zero-order chi connectivity index (χ0) is 15.4. The monoisotopic (exact) mass is 285 g/mol. The summed E-state index contributed by atoms with van der Waals surface area (Å²) in [5.74, 6) is -1.20. The summed E-state index contributed by atoms with van der Waals surface area (Å²) < 4.78 is 5.04. The molecule has 0 bridgehead atoms. The minimum atomic E-state index is -0.700. The number of benzene rings is 2. The summed E-state index contributed by atoms with van der Waals surface area (Å²) in [5.41, 5.74) is 5.32. The van der Waals surface area contributed by atoms with Crippen molar-refractivity contribution in [1.29, 1.82) is 5.41 Å². The van der Waals surface area contributed by atoms with Gasteiger partial charge in [-0.25, -0.2) is 4.79 Å². The molecule has 0 aromatic heterocycles. The van der Waals surface area contributed by atoms with Crippen LogP contribution in [0.3, 0.4) is 0 Å². The molecule has 0 radical (unpaired) electrons. The number of nitrogens with zero attached hydrogens (tertiary/aromatic N) is 1. The van der Waals surface area contributed by atoms with Crippen LogP contribution in [-0.4, -0.2) is 16.7 Å². The van der Waals surface area contributed by atoms with E-state index in [9.17, 15) is 14.9 Å². The number of nitrogen functional groups attached to an aromatic ring is 1. The van der Waals surface area contributed by atoms with Gasteiger partial charge >= 0.3 is 11.7 Å². The fourth-order valence-corrected chi connectivity index (χ4v) is 1.65. The fourth-order valence-electron chi connectivity index (χ4n) is 1.65. The molecule has 2 aromatic carbocycles. The van der Waals surface area contributed by atoms with Crippen LogP contribution in [0.5, 0.6) is 5.75 Å². The van der Waals surface area contributed by atoms with Crippen molar-refractivity contribution in [2.24, 2.45) is 5.73 Å². The SMILES string of the molecule is N=C(N)c1ccc(OC(=O)c2ccccc2)c([N+](=O)[O-])c1. The summed E-state index contributed by atoms with van der Waals surface area (Å²) >= 11 is 0.